The quantitative estimate of drug-likeness (QED) is 0.679. The van der Waals surface area contributed by atoms with Crippen LogP contribution in [0.5, 0.6) is 0 Å². The van der Waals surface area contributed by atoms with Crippen LogP contribution >= 0.6 is 15.9 Å². The molecule has 0 atom stereocenters. The first-order chi connectivity index (χ1) is 9.29. The van der Waals surface area contributed by atoms with Crippen molar-refractivity contribution in [2.45, 2.75) is 4.90 Å². The molecule has 0 aliphatic carbocycles. The van der Waals surface area contributed by atoms with Crippen LogP contribution in [0, 0.1) is 0 Å². The van der Waals surface area contributed by atoms with Gasteiger partial charge in [0.1, 0.15) is 0 Å². The Labute approximate surface area is 125 Å². The van der Waals surface area contributed by atoms with E-state index < -0.39 is 9.84 Å². The van der Waals surface area contributed by atoms with Crippen molar-refractivity contribution < 1.29 is 13.2 Å². The number of nitrogens with two attached hydrogens (primary N) is 1. The van der Waals surface area contributed by atoms with Crippen LogP contribution < -0.4 is 5.73 Å². The lowest BCUT2D eigenvalue weighted by Crippen LogP contribution is -2.03. The van der Waals surface area contributed by atoms with Crippen molar-refractivity contribution in [3.63, 3.8) is 0 Å². The van der Waals surface area contributed by atoms with Gasteiger partial charge in [-0.1, -0.05) is 0 Å². The highest BCUT2D eigenvalue weighted by Gasteiger charge is 2.12. The molecule has 0 saturated heterocycles. The monoisotopic (exact) mass is 353 g/mol. The third-order valence-corrected chi connectivity index (χ3v) is 4.62. The van der Waals surface area contributed by atoms with Crippen LogP contribution in [0.2, 0.25) is 0 Å². The minimum Gasteiger partial charge on any atom is -0.398 e. The van der Waals surface area contributed by atoms with Gasteiger partial charge in [0, 0.05) is 27.5 Å². The number of ketones is 1. The molecule has 0 fully saturated rings. The number of carbonyl (C=O) groups is 1. The Balaban J connectivity index is 2.36. The molecule has 0 aliphatic rings. The van der Waals surface area contributed by atoms with Gasteiger partial charge in [-0.3, -0.25) is 4.79 Å². The SMILES string of the molecule is CS(=O)(=O)c1ccc(C(=O)c2ccc(N)c(Br)c2)cc1. The van der Waals surface area contributed by atoms with E-state index in [-0.39, 0.29) is 10.7 Å². The Kier molecular flexibility index (Phi) is 3.96. The summed E-state index contributed by atoms with van der Waals surface area (Å²) in [5, 5.41) is 0. The molecule has 0 unspecified atom stereocenters. The lowest BCUT2D eigenvalue weighted by molar-refractivity contribution is 0.103. The van der Waals surface area contributed by atoms with Crippen LogP contribution in [0.4, 0.5) is 5.69 Å². The number of benzene rings is 2. The number of rotatable bonds is 3. The average molecular weight is 354 g/mol. The summed E-state index contributed by atoms with van der Waals surface area (Å²) in [6.07, 6.45) is 1.13. The first kappa shape index (κ1) is 14.7. The van der Waals surface area contributed by atoms with E-state index in [0.29, 0.717) is 21.3 Å². The predicted molar refractivity (Wildman–Crippen MR) is 81.5 cm³/mol. The second-order valence-corrected chi connectivity index (χ2v) is 7.23. The fraction of sp³-hybridized carbons (Fsp3) is 0.0714. The zero-order valence-electron chi connectivity index (χ0n) is 10.6. The molecule has 6 heteroatoms. The number of anilines is 1. The number of hydrogen-bond acceptors (Lipinski definition) is 4. The zero-order valence-corrected chi connectivity index (χ0v) is 13.0. The van der Waals surface area contributed by atoms with E-state index in [4.69, 9.17) is 5.73 Å². The van der Waals surface area contributed by atoms with Gasteiger partial charge in [-0.05, 0) is 58.4 Å². The molecule has 2 aromatic carbocycles. The molecule has 0 saturated carbocycles. The maximum atomic E-state index is 12.3. The topological polar surface area (TPSA) is 77.2 Å². The van der Waals surface area contributed by atoms with E-state index in [1.165, 1.54) is 24.3 Å². The lowest BCUT2D eigenvalue weighted by Gasteiger charge is -2.05. The number of halogens is 1. The standard InChI is InChI=1S/C14H12BrNO3S/c1-20(18,19)11-5-2-9(3-6-11)14(17)10-4-7-13(16)12(15)8-10/h2-8H,16H2,1H3. The molecular formula is C14H12BrNO3S. The van der Waals surface area contributed by atoms with Crippen LogP contribution in [-0.4, -0.2) is 20.5 Å². The normalized spacial score (nSPS) is 11.3. The van der Waals surface area contributed by atoms with E-state index in [2.05, 4.69) is 15.9 Å². The van der Waals surface area contributed by atoms with Crippen LogP contribution in [0.25, 0.3) is 0 Å². The number of nitrogen functional groups attached to an aromatic ring is 1. The van der Waals surface area contributed by atoms with Gasteiger partial charge in [-0.15, -0.1) is 0 Å². The largest absolute Gasteiger partial charge is 0.398 e. The average Bonchev–Trinajstić information content (AvgIpc) is 2.40. The minimum absolute atomic E-state index is 0.188. The Morgan fingerprint density at radius 1 is 1.05 bits per heavy atom. The van der Waals surface area contributed by atoms with E-state index in [1.807, 2.05) is 0 Å². The Bertz CT molecular complexity index is 768. The van der Waals surface area contributed by atoms with Crippen molar-refractivity contribution in [3.05, 3.63) is 58.1 Å². The number of carbonyl (C=O) groups excluding carboxylic acids is 1. The second-order valence-electron chi connectivity index (χ2n) is 4.36. The molecule has 0 aliphatic heterocycles. The molecule has 0 bridgehead atoms. The molecule has 20 heavy (non-hydrogen) atoms. The molecule has 0 amide bonds. The van der Waals surface area contributed by atoms with Gasteiger partial charge in [0.25, 0.3) is 0 Å². The molecular weight excluding hydrogens is 342 g/mol. The smallest absolute Gasteiger partial charge is 0.193 e. The van der Waals surface area contributed by atoms with Gasteiger partial charge in [0.15, 0.2) is 15.6 Å². The molecule has 0 spiro atoms. The fourth-order valence-corrected chi connectivity index (χ4v) is 2.70. The van der Waals surface area contributed by atoms with Crippen molar-refractivity contribution in [2.75, 3.05) is 12.0 Å². The highest BCUT2D eigenvalue weighted by atomic mass is 79.9. The van der Waals surface area contributed by atoms with Gasteiger partial charge in [-0.25, -0.2) is 8.42 Å². The Morgan fingerprint density at radius 2 is 1.60 bits per heavy atom. The van der Waals surface area contributed by atoms with E-state index in [9.17, 15) is 13.2 Å². The summed E-state index contributed by atoms with van der Waals surface area (Å²) in [4.78, 5) is 12.4. The molecule has 2 aromatic rings. The van der Waals surface area contributed by atoms with Crippen molar-refractivity contribution >= 4 is 37.2 Å². The first-order valence-corrected chi connectivity index (χ1v) is 8.37. The molecule has 104 valence electrons. The highest BCUT2D eigenvalue weighted by Crippen LogP contribution is 2.22. The van der Waals surface area contributed by atoms with Crippen molar-refractivity contribution in [3.8, 4) is 0 Å². The van der Waals surface area contributed by atoms with Gasteiger partial charge >= 0.3 is 0 Å². The van der Waals surface area contributed by atoms with Gasteiger partial charge < -0.3 is 5.73 Å². The molecule has 2 rings (SSSR count). The molecule has 2 N–H and O–H groups in total. The molecule has 0 aromatic heterocycles. The molecule has 0 radical (unpaired) electrons. The summed E-state index contributed by atoms with van der Waals surface area (Å²) in [6, 6.07) is 10.8. The summed E-state index contributed by atoms with van der Waals surface area (Å²) >= 11 is 3.27. The van der Waals surface area contributed by atoms with Crippen LogP contribution in [0.15, 0.2) is 51.8 Å². The van der Waals surface area contributed by atoms with Gasteiger partial charge in [0.2, 0.25) is 0 Å². The predicted octanol–water partition coefficient (Wildman–Crippen LogP) is 2.67. The second kappa shape index (κ2) is 5.38. The fourth-order valence-electron chi connectivity index (χ4n) is 1.69. The van der Waals surface area contributed by atoms with E-state index in [1.54, 1.807) is 18.2 Å². The Morgan fingerprint density at radius 3 is 2.10 bits per heavy atom. The minimum atomic E-state index is -3.26. The van der Waals surface area contributed by atoms with Gasteiger partial charge in [0.05, 0.1) is 4.90 Å². The zero-order chi connectivity index (χ0) is 14.9. The van der Waals surface area contributed by atoms with Crippen LogP contribution in [-0.2, 0) is 9.84 Å². The van der Waals surface area contributed by atoms with Crippen LogP contribution in [0.3, 0.4) is 0 Å². The summed E-state index contributed by atoms with van der Waals surface area (Å²) in [7, 11) is -3.26. The van der Waals surface area contributed by atoms with E-state index >= 15 is 0 Å². The number of sulfone groups is 1. The van der Waals surface area contributed by atoms with Crippen molar-refractivity contribution in [1.29, 1.82) is 0 Å². The summed E-state index contributed by atoms with van der Waals surface area (Å²) < 4.78 is 23.4. The third kappa shape index (κ3) is 3.08. The van der Waals surface area contributed by atoms with Crippen molar-refractivity contribution in [2.24, 2.45) is 0 Å². The summed E-state index contributed by atoms with van der Waals surface area (Å²) in [6.45, 7) is 0. The van der Waals surface area contributed by atoms with Crippen molar-refractivity contribution in [1.82, 2.24) is 0 Å². The molecule has 0 heterocycles. The highest BCUT2D eigenvalue weighted by molar-refractivity contribution is 9.10. The van der Waals surface area contributed by atoms with E-state index in [0.717, 1.165) is 6.26 Å². The number of hydrogen-bond donors (Lipinski definition) is 1. The Hall–Kier alpha value is -1.66. The maximum absolute atomic E-state index is 12.3. The summed E-state index contributed by atoms with van der Waals surface area (Å²) in [5.41, 5.74) is 7.13. The van der Waals surface area contributed by atoms with Gasteiger partial charge in [-0.2, -0.15) is 0 Å². The van der Waals surface area contributed by atoms with Crippen LogP contribution in [0.1, 0.15) is 15.9 Å². The lowest BCUT2D eigenvalue weighted by atomic mass is 10.0. The summed E-state index contributed by atoms with van der Waals surface area (Å²) in [5.74, 6) is -0.189. The maximum Gasteiger partial charge on any atom is 0.193 e. The third-order valence-electron chi connectivity index (χ3n) is 2.81. The first-order valence-electron chi connectivity index (χ1n) is 5.69. The molecule has 4 nitrogen and oxygen atoms in total.